The lowest BCUT2D eigenvalue weighted by atomic mass is 9.99. The first-order chi connectivity index (χ1) is 18.4. The standard InChI is InChI=1S/C20H30N2O16S2/c1-9(23)33-8-15-16(34-10(2)24)17(35-11(3)25)18(36-12(4)26)20(37-15)39(28,29)22-7-13(38-40(21,30)31)6-14(22)19(27)32-5/h13-18,20H,6-8H2,1-5H3,(H2,21,30,31)/t13-,14+,15-,16-,17+,18-,20+/m1/s1. The van der Waals surface area contributed by atoms with Gasteiger partial charge < -0.3 is 28.4 Å². The summed E-state index contributed by atoms with van der Waals surface area (Å²) in [7, 11) is -8.62. The number of hydrogen-bond acceptors (Lipinski definition) is 16. The van der Waals surface area contributed by atoms with Crippen LogP contribution in [0.25, 0.3) is 0 Å². The van der Waals surface area contributed by atoms with E-state index in [1.54, 1.807) is 0 Å². The van der Waals surface area contributed by atoms with E-state index < -0.39 is 112 Å². The van der Waals surface area contributed by atoms with E-state index in [4.69, 9.17) is 28.8 Å². The fourth-order valence-electron chi connectivity index (χ4n) is 4.22. The van der Waals surface area contributed by atoms with Gasteiger partial charge in [-0.1, -0.05) is 0 Å². The summed E-state index contributed by atoms with van der Waals surface area (Å²) in [4.78, 5) is 59.8. The molecule has 7 atom stereocenters. The molecule has 2 aliphatic rings. The highest BCUT2D eigenvalue weighted by Crippen LogP contribution is 2.36. The van der Waals surface area contributed by atoms with E-state index in [1.165, 1.54) is 0 Å². The fourth-order valence-corrected chi connectivity index (χ4v) is 6.74. The molecule has 0 unspecified atom stereocenters. The highest BCUT2D eigenvalue weighted by atomic mass is 32.2. The molecule has 2 rings (SSSR count). The highest BCUT2D eigenvalue weighted by molar-refractivity contribution is 7.89. The van der Waals surface area contributed by atoms with Crippen LogP contribution in [0.4, 0.5) is 0 Å². The Morgan fingerprint density at radius 3 is 1.85 bits per heavy atom. The molecule has 0 radical (unpaired) electrons. The van der Waals surface area contributed by atoms with E-state index in [2.05, 4.69) is 8.92 Å². The van der Waals surface area contributed by atoms with Gasteiger partial charge >= 0.3 is 40.2 Å². The first kappa shape index (κ1) is 33.3. The Morgan fingerprint density at radius 2 is 1.38 bits per heavy atom. The average Bonchev–Trinajstić information content (AvgIpc) is 3.21. The molecular weight excluding hydrogens is 588 g/mol. The number of methoxy groups -OCH3 is 1. The summed E-state index contributed by atoms with van der Waals surface area (Å²) in [5, 5.41) is 4.89. The van der Waals surface area contributed by atoms with Crippen molar-refractivity contribution in [3.05, 3.63) is 0 Å². The van der Waals surface area contributed by atoms with E-state index >= 15 is 0 Å². The molecule has 2 heterocycles. The third-order valence-corrected chi connectivity index (χ3v) is 8.09. The predicted molar refractivity (Wildman–Crippen MR) is 126 cm³/mol. The Balaban J connectivity index is 2.66. The van der Waals surface area contributed by atoms with Gasteiger partial charge in [-0.25, -0.2) is 13.6 Å². The van der Waals surface area contributed by atoms with Crippen LogP contribution in [0.15, 0.2) is 0 Å². The molecule has 0 aliphatic carbocycles. The van der Waals surface area contributed by atoms with Crippen molar-refractivity contribution in [3.8, 4) is 0 Å². The van der Waals surface area contributed by atoms with Crippen LogP contribution in [0.1, 0.15) is 34.1 Å². The van der Waals surface area contributed by atoms with Crippen molar-refractivity contribution in [2.75, 3.05) is 20.3 Å². The SMILES string of the molecule is COC(=O)[C@@H]1C[C@@H](OS(N)(=O)=O)CN1S(=O)(=O)[C@@H]1O[C@H](COC(C)=O)[C@@H](OC(C)=O)[C@H](OC(C)=O)[C@H]1OC(C)=O. The van der Waals surface area contributed by atoms with Crippen molar-refractivity contribution < 1.29 is 73.4 Å². The molecule has 2 aliphatic heterocycles. The van der Waals surface area contributed by atoms with Crippen LogP contribution in [0.3, 0.4) is 0 Å². The third kappa shape index (κ3) is 8.54. The fraction of sp³-hybridized carbons (Fsp3) is 0.750. The van der Waals surface area contributed by atoms with Gasteiger partial charge in [-0.2, -0.15) is 12.7 Å². The summed E-state index contributed by atoms with van der Waals surface area (Å²) >= 11 is 0. The van der Waals surface area contributed by atoms with Crippen molar-refractivity contribution in [2.24, 2.45) is 5.14 Å². The minimum absolute atomic E-state index is 0.496. The topological polar surface area (TPSA) is 247 Å². The predicted octanol–water partition coefficient (Wildman–Crippen LogP) is -2.76. The maximum Gasteiger partial charge on any atom is 0.333 e. The number of carbonyl (C=O) groups is 5. The summed E-state index contributed by atoms with van der Waals surface area (Å²) < 4.78 is 86.8. The Hall–Kier alpha value is -2.91. The summed E-state index contributed by atoms with van der Waals surface area (Å²) in [6, 6.07) is -1.64. The summed E-state index contributed by atoms with van der Waals surface area (Å²) in [6.45, 7) is 2.41. The van der Waals surface area contributed by atoms with E-state index in [0.717, 1.165) is 34.8 Å². The smallest absolute Gasteiger partial charge is 0.333 e. The van der Waals surface area contributed by atoms with Crippen molar-refractivity contribution >= 4 is 50.2 Å². The normalized spacial score (nSPS) is 29.2. The zero-order chi connectivity index (χ0) is 30.6. The quantitative estimate of drug-likeness (QED) is 0.192. The van der Waals surface area contributed by atoms with Crippen molar-refractivity contribution in [1.29, 1.82) is 0 Å². The van der Waals surface area contributed by atoms with Gasteiger partial charge in [0.05, 0.1) is 13.2 Å². The number of nitrogens with two attached hydrogens (primary N) is 1. The van der Waals surface area contributed by atoms with Gasteiger partial charge in [0.1, 0.15) is 18.8 Å². The third-order valence-electron chi connectivity index (χ3n) is 5.53. The summed E-state index contributed by atoms with van der Waals surface area (Å²) in [5.41, 5.74) is -2.27. The molecule has 0 spiro atoms. The first-order valence-electron chi connectivity index (χ1n) is 11.5. The van der Waals surface area contributed by atoms with E-state index in [-0.39, 0.29) is 0 Å². The molecule has 0 aromatic carbocycles. The Bertz CT molecular complexity index is 1220. The molecule has 2 saturated heterocycles. The van der Waals surface area contributed by atoms with Crippen LogP contribution < -0.4 is 5.14 Å². The van der Waals surface area contributed by atoms with Gasteiger partial charge in [-0.05, 0) is 0 Å². The van der Waals surface area contributed by atoms with E-state index in [0.29, 0.717) is 4.31 Å². The van der Waals surface area contributed by atoms with Crippen molar-refractivity contribution in [3.63, 3.8) is 0 Å². The number of ether oxygens (including phenoxy) is 6. The number of hydrogen-bond donors (Lipinski definition) is 1. The number of rotatable bonds is 10. The zero-order valence-electron chi connectivity index (χ0n) is 22.0. The van der Waals surface area contributed by atoms with E-state index in [1.807, 2.05) is 0 Å². The molecule has 0 aromatic heterocycles. The van der Waals surface area contributed by atoms with Crippen LogP contribution in [0.5, 0.6) is 0 Å². The minimum atomic E-state index is -5.00. The second-order valence-corrected chi connectivity index (χ2v) is 11.8. The number of carbonyl (C=O) groups excluding carboxylic acids is 5. The summed E-state index contributed by atoms with van der Waals surface area (Å²) in [6.07, 6.45) is -8.98. The molecule has 2 N–H and O–H groups in total. The van der Waals surface area contributed by atoms with E-state index in [9.17, 15) is 40.8 Å². The Kier molecular flexibility index (Phi) is 11.0. The largest absolute Gasteiger partial charge is 0.468 e. The van der Waals surface area contributed by atoms with Gasteiger partial charge in [0, 0.05) is 40.7 Å². The second-order valence-electron chi connectivity index (χ2n) is 8.67. The van der Waals surface area contributed by atoms with Crippen LogP contribution >= 0.6 is 0 Å². The van der Waals surface area contributed by atoms with Crippen molar-refractivity contribution in [1.82, 2.24) is 4.31 Å². The van der Waals surface area contributed by atoms with Gasteiger partial charge in [-0.3, -0.25) is 28.2 Å². The molecule has 0 amide bonds. The molecule has 0 bridgehead atoms. The van der Waals surface area contributed by atoms with Crippen LogP contribution in [0, 0.1) is 0 Å². The van der Waals surface area contributed by atoms with Crippen LogP contribution in [-0.4, -0.2) is 113 Å². The number of nitrogens with zero attached hydrogens (tertiary/aromatic N) is 1. The van der Waals surface area contributed by atoms with Crippen LogP contribution in [0.2, 0.25) is 0 Å². The lowest BCUT2D eigenvalue weighted by Gasteiger charge is -2.44. The van der Waals surface area contributed by atoms with Gasteiger partial charge in [0.15, 0.2) is 18.3 Å². The van der Waals surface area contributed by atoms with Gasteiger partial charge in [0.2, 0.25) is 15.5 Å². The van der Waals surface area contributed by atoms with Crippen LogP contribution in [-0.2, 0) is 76.9 Å². The van der Waals surface area contributed by atoms with Gasteiger partial charge in [-0.15, -0.1) is 0 Å². The molecular formula is C20H30N2O16S2. The highest BCUT2D eigenvalue weighted by Gasteiger charge is 2.59. The maximum absolute atomic E-state index is 14.0. The Morgan fingerprint density at radius 1 is 0.850 bits per heavy atom. The molecule has 2 fully saturated rings. The zero-order valence-corrected chi connectivity index (χ0v) is 23.7. The second kappa shape index (κ2) is 13.2. The molecule has 0 saturated carbocycles. The van der Waals surface area contributed by atoms with Crippen molar-refractivity contribution in [2.45, 2.75) is 76.1 Å². The lowest BCUT2D eigenvalue weighted by molar-refractivity contribution is -0.239. The number of sulfonamides is 1. The summed E-state index contributed by atoms with van der Waals surface area (Å²) in [5.74, 6) is -4.93. The molecule has 40 heavy (non-hydrogen) atoms. The maximum atomic E-state index is 14.0. The molecule has 0 aromatic rings. The first-order valence-corrected chi connectivity index (χ1v) is 14.4. The molecule has 18 nitrogen and oxygen atoms in total. The number of esters is 5. The van der Waals surface area contributed by atoms with Gasteiger partial charge in [0.25, 0.3) is 0 Å². The minimum Gasteiger partial charge on any atom is -0.468 e. The average molecular weight is 619 g/mol. The molecule has 20 heteroatoms. The lowest BCUT2D eigenvalue weighted by Crippen LogP contribution is -2.65. The monoisotopic (exact) mass is 618 g/mol. The molecule has 228 valence electrons. The Labute approximate surface area is 229 Å².